The van der Waals surface area contributed by atoms with Gasteiger partial charge in [-0.3, -0.25) is 19.0 Å². The molecular formula is C22H21ClN4O5. The zero-order valence-corrected chi connectivity index (χ0v) is 18.2. The fraction of sp³-hybridized carbons (Fsp3) is 0.227. The summed E-state index contributed by atoms with van der Waals surface area (Å²) >= 11 is 6.15. The number of aromatic nitrogens is 3. The Morgan fingerprint density at radius 2 is 1.81 bits per heavy atom. The fourth-order valence-corrected chi connectivity index (χ4v) is 3.15. The maximum absolute atomic E-state index is 12.8. The minimum Gasteiger partial charge on any atom is -0.389 e. The second kappa shape index (κ2) is 9.29. The van der Waals surface area contributed by atoms with Crippen molar-refractivity contribution in [3.63, 3.8) is 0 Å². The SMILES string of the molecule is CC(C)(O)Cn1c(=O)cnn(-c2ccc(Cl)c(C(=O)NCC(=O)c3ccccc3)c2)c1=O. The van der Waals surface area contributed by atoms with Crippen molar-refractivity contribution < 1.29 is 14.7 Å². The molecule has 0 aliphatic carbocycles. The highest BCUT2D eigenvalue weighted by Crippen LogP contribution is 2.19. The van der Waals surface area contributed by atoms with Gasteiger partial charge in [-0.25, -0.2) is 4.79 Å². The van der Waals surface area contributed by atoms with Crippen LogP contribution in [0.5, 0.6) is 0 Å². The molecular weight excluding hydrogens is 436 g/mol. The third-order valence-corrected chi connectivity index (χ3v) is 4.78. The molecule has 2 aromatic carbocycles. The van der Waals surface area contributed by atoms with Gasteiger partial charge < -0.3 is 10.4 Å². The van der Waals surface area contributed by atoms with E-state index >= 15 is 0 Å². The van der Waals surface area contributed by atoms with Crippen molar-refractivity contribution in [2.45, 2.75) is 26.0 Å². The Bertz CT molecular complexity index is 1280. The van der Waals surface area contributed by atoms with E-state index < -0.39 is 22.8 Å². The zero-order valence-electron chi connectivity index (χ0n) is 17.4. The van der Waals surface area contributed by atoms with Crippen molar-refractivity contribution in [2.75, 3.05) is 6.54 Å². The van der Waals surface area contributed by atoms with E-state index in [4.69, 9.17) is 11.6 Å². The molecule has 0 bridgehead atoms. The Morgan fingerprint density at radius 1 is 1.12 bits per heavy atom. The van der Waals surface area contributed by atoms with Crippen LogP contribution in [-0.2, 0) is 6.54 Å². The number of amides is 1. The van der Waals surface area contributed by atoms with Crippen molar-refractivity contribution in [1.82, 2.24) is 19.7 Å². The predicted octanol–water partition coefficient (Wildman–Crippen LogP) is 1.43. The molecule has 3 rings (SSSR count). The van der Waals surface area contributed by atoms with Gasteiger partial charge in [0.2, 0.25) is 0 Å². The van der Waals surface area contributed by atoms with Gasteiger partial charge in [0.25, 0.3) is 11.5 Å². The van der Waals surface area contributed by atoms with Gasteiger partial charge in [-0.15, -0.1) is 0 Å². The first-order chi connectivity index (χ1) is 15.1. The minimum absolute atomic E-state index is 0.0268. The highest BCUT2D eigenvalue weighted by atomic mass is 35.5. The van der Waals surface area contributed by atoms with Crippen LogP contribution in [0.25, 0.3) is 5.69 Å². The average Bonchev–Trinajstić information content (AvgIpc) is 2.75. The number of nitrogens with one attached hydrogen (secondary N) is 1. The molecule has 0 aliphatic heterocycles. The van der Waals surface area contributed by atoms with Gasteiger partial charge in [0.15, 0.2) is 5.78 Å². The summed E-state index contributed by atoms with van der Waals surface area (Å²) in [6.45, 7) is 2.45. The highest BCUT2D eigenvalue weighted by molar-refractivity contribution is 6.34. The Balaban J connectivity index is 1.88. The quantitative estimate of drug-likeness (QED) is 0.518. The summed E-state index contributed by atoms with van der Waals surface area (Å²) < 4.78 is 1.77. The molecule has 0 unspecified atom stereocenters. The highest BCUT2D eigenvalue weighted by Gasteiger charge is 2.19. The summed E-state index contributed by atoms with van der Waals surface area (Å²) in [5, 5.41) is 16.5. The second-order valence-corrected chi connectivity index (χ2v) is 8.12. The number of rotatable bonds is 7. The van der Waals surface area contributed by atoms with Crippen molar-refractivity contribution in [3.05, 3.63) is 91.7 Å². The topological polar surface area (TPSA) is 123 Å². The molecule has 1 amide bonds. The first-order valence-electron chi connectivity index (χ1n) is 9.65. The molecule has 0 saturated heterocycles. The van der Waals surface area contributed by atoms with Crippen LogP contribution in [0.4, 0.5) is 0 Å². The molecule has 0 radical (unpaired) electrons. The van der Waals surface area contributed by atoms with Crippen molar-refractivity contribution in [2.24, 2.45) is 0 Å². The Labute approximate surface area is 187 Å². The summed E-state index contributed by atoms with van der Waals surface area (Å²) in [5.41, 5.74) is -2.09. The molecule has 0 atom stereocenters. The number of Topliss-reactive ketones (excluding diaryl/α,β-unsaturated/α-hetero) is 1. The summed E-state index contributed by atoms with van der Waals surface area (Å²) in [7, 11) is 0. The van der Waals surface area contributed by atoms with Crippen molar-refractivity contribution in [3.8, 4) is 5.69 Å². The second-order valence-electron chi connectivity index (χ2n) is 7.71. The number of ketones is 1. The molecule has 0 fully saturated rings. The number of hydrogen-bond donors (Lipinski definition) is 2. The van der Waals surface area contributed by atoms with E-state index in [1.165, 1.54) is 32.0 Å². The summed E-state index contributed by atoms with van der Waals surface area (Å²) in [5.74, 6) is -0.887. The molecule has 0 aliphatic rings. The monoisotopic (exact) mass is 456 g/mol. The van der Waals surface area contributed by atoms with E-state index in [2.05, 4.69) is 10.4 Å². The lowest BCUT2D eigenvalue weighted by molar-refractivity contribution is 0.0585. The van der Waals surface area contributed by atoms with E-state index in [1.807, 2.05) is 0 Å². The molecule has 1 heterocycles. The number of benzene rings is 2. The van der Waals surface area contributed by atoms with Crippen LogP contribution in [0.2, 0.25) is 5.02 Å². The van der Waals surface area contributed by atoms with Crippen LogP contribution in [0.1, 0.15) is 34.6 Å². The lowest BCUT2D eigenvalue weighted by Crippen LogP contribution is -2.45. The number of halogens is 1. The predicted molar refractivity (Wildman–Crippen MR) is 119 cm³/mol. The summed E-state index contributed by atoms with van der Waals surface area (Å²) in [4.78, 5) is 49.7. The van der Waals surface area contributed by atoms with Gasteiger partial charge in [-0.05, 0) is 32.0 Å². The zero-order chi connectivity index (χ0) is 23.5. The van der Waals surface area contributed by atoms with Gasteiger partial charge in [0.1, 0.15) is 6.20 Å². The Morgan fingerprint density at radius 3 is 2.47 bits per heavy atom. The molecule has 2 N–H and O–H groups in total. The van der Waals surface area contributed by atoms with E-state index in [0.717, 1.165) is 15.4 Å². The lowest BCUT2D eigenvalue weighted by atomic mass is 10.1. The van der Waals surface area contributed by atoms with Crippen molar-refractivity contribution in [1.29, 1.82) is 0 Å². The van der Waals surface area contributed by atoms with Crippen LogP contribution in [0.15, 0.2) is 64.3 Å². The van der Waals surface area contributed by atoms with Gasteiger partial charge in [0, 0.05) is 5.56 Å². The maximum atomic E-state index is 12.8. The maximum Gasteiger partial charge on any atom is 0.352 e. The molecule has 166 valence electrons. The molecule has 0 saturated carbocycles. The van der Waals surface area contributed by atoms with Gasteiger partial charge in [0.05, 0.1) is 35.0 Å². The van der Waals surface area contributed by atoms with Gasteiger partial charge >= 0.3 is 5.69 Å². The number of nitrogens with zero attached hydrogens (tertiary/aromatic N) is 3. The smallest absolute Gasteiger partial charge is 0.352 e. The molecule has 32 heavy (non-hydrogen) atoms. The Hall–Kier alpha value is -3.56. The summed E-state index contributed by atoms with van der Waals surface area (Å²) in [6, 6.07) is 12.7. The van der Waals surface area contributed by atoms with Gasteiger partial charge in [-0.2, -0.15) is 9.78 Å². The first kappa shape index (κ1) is 23.1. The fourth-order valence-electron chi connectivity index (χ4n) is 2.95. The minimum atomic E-state index is -1.31. The van der Waals surface area contributed by atoms with Crippen LogP contribution in [0, 0.1) is 0 Å². The molecule has 3 aromatic rings. The number of carbonyl (C=O) groups is 2. The van der Waals surface area contributed by atoms with Gasteiger partial charge in [-0.1, -0.05) is 41.9 Å². The van der Waals surface area contributed by atoms with Crippen LogP contribution in [-0.4, -0.2) is 43.3 Å². The van der Waals surface area contributed by atoms with E-state index in [1.54, 1.807) is 30.3 Å². The molecule has 10 heteroatoms. The van der Waals surface area contributed by atoms with E-state index in [-0.39, 0.29) is 35.1 Å². The largest absolute Gasteiger partial charge is 0.389 e. The summed E-state index contributed by atoms with van der Waals surface area (Å²) in [6.07, 6.45) is 0.944. The van der Waals surface area contributed by atoms with Crippen LogP contribution in [0.3, 0.4) is 0 Å². The third kappa shape index (κ3) is 5.37. The number of hydrogen-bond acceptors (Lipinski definition) is 6. The average molecular weight is 457 g/mol. The lowest BCUT2D eigenvalue weighted by Gasteiger charge is -2.18. The van der Waals surface area contributed by atoms with Crippen LogP contribution >= 0.6 is 11.6 Å². The Kier molecular flexibility index (Phi) is 6.71. The third-order valence-electron chi connectivity index (χ3n) is 4.45. The van der Waals surface area contributed by atoms with E-state index in [9.17, 15) is 24.3 Å². The van der Waals surface area contributed by atoms with Crippen LogP contribution < -0.4 is 16.6 Å². The molecule has 1 aromatic heterocycles. The number of carbonyl (C=O) groups excluding carboxylic acids is 2. The molecule has 9 nitrogen and oxygen atoms in total. The number of aliphatic hydroxyl groups is 1. The van der Waals surface area contributed by atoms with Crippen molar-refractivity contribution >= 4 is 23.3 Å². The molecule has 0 spiro atoms. The normalized spacial score (nSPS) is 11.2. The standard InChI is InChI=1S/C22H21ClN4O5/c1-22(2,32)13-26-19(29)12-25-27(21(26)31)15-8-9-17(23)16(10-15)20(30)24-11-18(28)14-6-4-3-5-7-14/h3-10,12,32H,11,13H2,1-2H3,(H,24,30). The first-order valence-corrected chi connectivity index (χ1v) is 10.0. The van der Waals surface area contributed by atoms with E-state index in [0.29, 0.717) is 5.56 Å².